The molecule has 0 amide bonds. The summed E-state index contributed by atoms with van der Waals surface area (Å²) in [5, 5.41) is 3.38. The predicted octanol–water partition coefficient (Wildman–Crippen LogP) is 3.11. The first-order valence-electron chi connectivity index (χ1n) is 6.02. The minimum atomic E-state index is 0.155. The molecule has 0 saturated heterocycles. The van der Waals surface area contributed by atoms with Crippen LogP contribution in [0.15, 0.2) is 5.38 Å². The molecular weight excluding hydrogens is 216 g/mol. The second-order valence-corrected chi connectivity index (χ2v) is 7.28. The molecule has 1 saturated carbocycles. The van der Waals surface area contributed by atoms with E-state index in [9.17, 15) is 0 Å². The molecule has 90 valence electrons. The fourth-order valence-electron chi connectivity index (χ4n) is 1.75. The van der Waals surface area contributed by atoms with E-state index >= 15 is 0 Å². The summed E-state index contributed by atoms with van der Waals surface area (Å²) in [4.78, 5) is 4.70. The molecule has 1 unspecified atom stereocenters. The molecule has 1 aliphatic rings. The highest BCUT2D eigenvalue weighted by atomic mass is 32.1. The minimum Gasteiger partial charge on any atom is -0.327 e. The second kappa shape index (κ2) is 3.81. The summed E-state index contributed by atoms with van der Waals surface area (Å²) in [6.07, 6.45) is 3.51. The molecule has 0 radical (unpaired) electrons. The molecule has 0 aliphatic heterocycles. The van der Waals surface area contributed by atoms with Crippen molar-refractivity contribution < 1.29 is 0 Å². The van der Waals surface area contributed by atoms with Gasteiger partial charge in [0.2, 0.25) is 0 Å². The van der Waals surface area contributed by atoms with E-state index in [0.29, 0.717) is 5.41 Å². The molecule has 2 rings (SSSR count). The lowest BCUT2D eigenvalue weighted by molar-refractivity contribution is 0.431. The lowest BCUT2D eigenvalue weighted by atomic mass is 9.93. The van der Waals surface area contributed by atoms with Gasteiger partial charge in [-0.15, -0.1) is 11.3 Å². The van der Waals surface area contributed by atoms with Gasteiger partial charge in [-0.05, 0) is 18.3 Å². The Morgan fingerprint density at radius 1 is 1.50 bits per heavy atom. The normalized spacial score (nSPS) is 20.8. The van der Waals surface area contributed by atoms with Crippen molar-refractivity contribution in [3.05, 3.63) is 16.1 Å². The first-order valence-corrected chi connectivity index (χ1v) is 6.90. The van der Waals surface area contributed by atoms with Crippen LogP contribution in [0.4, 0.5) is 0 Å². The predicted molar refractivity (Wildman–Crippen MR) is 69.8 cm³/mol. The molecular formula is C13H22N2S. The van der Waals surface area contributed by atoms with Gasteiger partial charge in [-0.1, -0.05) is 27.7 Å². The van der Waals surface area contributed by atoms with Crippen LogP contribution in [0.3, 0.4) is 0 Å². The van der Waals surface area contributed by atoms with Crippen molar-refractivity contribution in [2.75, 3.05) is 0 Å². The monoisotopic (exact) mass is 238 g/mol. The van der Waals surface area contributed by atoms with Gasteiger partial charge >= 0.3 is 0 Å². The fraction of sp³-hybridized carbons (Fsp3) is 0.769. The highest BCUT2D eigenvalue weighted by Crippen LogP contribution is 2.48. The van der Waals surface area contributed by atoms with E-state index < -0.39 is 0 Å². The van der Waals surface area contributed by atoms with E-state index in [2.05, 4.69) is 33.1 Å². The zero-order valence-corrected chi connectivity index (χ0v) is 11.5. The Morgan fingerprint density at radius 2 is 2.12 bits per heavy atom. The number of hydrogen-bond acceptors (Lipinski definition) is 3. The van der Waals surface area contributed by atoms with Crippen LogP contribution >= 0.6 is 11.3 Å². The summed E-state index contributed by atoms with van der Waals surface area (Å²) < 4.78 is 0. The van der Waals surface area contributed by atoms with Crippen LogP contribution in [-0.4, -0.2) is 11.0 Å². The summed E-state index contributed by atoms with van der Waals surface area (Å²) in [7, 11) is 0. The molecule has 1 atom stereocenters. The molecule has 3 heteroatoms. The highest BCUT2D eigenvalue weighted by Gasteiger charge is 2.43. The van der Waals surface area contributed by atoms with Crippen molar-refractivity contribution in [3.8, 4) is 0 Å². The standard InChI is InChI=1S/C13H22N2S/c1-12(2,3)10-8-16-11(15-10)7-9(14)13(4)5-6-13/h8-9H,5-7,14H2,1-4H3. The third-order valence-electron chi connectivity index (χ3n) is 3.65. The van der Waals surface area contributed by atoms with Gasteiger partial charge < -0.3 is 5.73 Å². The lowest BCUT2D eigenvalue weighted by Gasteiger charge is -2.17. The molecule has 1 fully saturated rings. The maximum absolute atomic E-state index is 6.23. The van der Waals surface area contributed by atoms with Crippen LogP contribution in [0.5, 0.6) is 0 Å². The maximum atomic E-state index is 6.23. The van der Waals surface area contributed by atoms with Gasteiger partial charge in [0.05, 0.1) is 10.7 Å². The van der Waals surface area contributed by atoms with E-state index in [1.54, 1.807) is 11.3 Å². The van der Waals surface area contributed by atoms with Crippen LogP contribution in [0, 0.1) is 5.41 Å². The number of hydrogen-bond donors (Lipinski definition) is 1. The molecule has 0 spiro atoms. The quantitative estimate of drug-likeness (QED) is 0.878. The maximum Gasteiger partial charge on any atom is 0.0944 e. The van der Waals surface area contributed by atoms with Crippen LogP contribution in [0.25, 0.3) is 0 Å². The summed E-state index contributed by atoms with van der Waals surface area (Å²) >= 11 is 1.76. The third-order valence-corrected chi connectivity index (χ3v) is 4.52. The van der Waals surface area contributed by atoms with Crippen LogP contribution in [0.2, 0.25) is 0 Å². The Bertz CT molecular complexity index is 372. The Morgan fingerprint density at radius 3 is 2.56 bits per heavy atom. The molecule has 0 bridgehead atoms. The summed E-state index contributed by atoms with van der Waals surface area (Å²) in [5.41, 5.74) is 7.98. The molecule has 0 aromatic carbocycles. The van der Waals surface area contributed by atoms with Crippen molar-refractivity contribution in [2.24, 2.45) is 11.1 Å². The van der Waals surface area contributed by atoms with Gasteiger partial charge in [-0.2, -0.15) is 0 Å². The van der Waals surface area contributed by atoms with Crippen molar-refractivity contribution >= 4 is 11.3 Å². The zero-order valence-electron chi connectivity index (χ0n) is 10.7. The number of aromatic nitrogens is 1. The van der Waals surface area contributed by atoms with Crippen LogP contribution in [0.1, 0.15) is 51.2 Å². The smallest absolute Gasteiger partial charge is 0.0944 e. The molecule has 1 heterocycles. The second-order valence-electron chi connectivity index (χ2n) is 6.34. The average Bonchev–Trinajstić information content (AvgIpc) is 2.75. The van der Waals surface area contributed by atoms with Crippen LogP contribution < -0.4 is 5.73 Å². The van der Waals surface area contributed by atoms with Gasteiger partial charge in [0.25, 0.3) is 0 Å². The Labute approximate surface area is 102 Å². The van der Waals surface area contributed by atoms with Crippen LogP contribution in [-0.2, 0) is 11.8 Å². The topological polar surface area (TPSA) is 38.9 Å². The fourth-order valence-corrected chi connectivity index (χ4v) is 2.83. The first-order chi connectivity index (χ1) is 7.31. The zero-order chi connectivity index (χ0) is 12.0. The number of rotatable bonds is 3. The van der Waals surface area contributed by atoms with Crippen molar-refractivity contribution in [2.45, 2.75) is 58.4 Å². The van der Waals surface area contributed by atoms with Gasteiger partial charge in [0, 0.05) is 23.3 Å². The van der Waals surface area contributed by atoms with Gasteiger partial charge in [0.15, 0.2) is 0 Å². The summed E-state index contributed by atoms with van der Waals surface area (Å²) in [5.74, 6) is 0. The molecule has 1 aromatic rings. The third kappa shape index (κ3) is 2.46. The van der Waals surface area contributed by atoms with Crippen molar-refractivity contribution in [1.82, 2.24) is 4.98 Å². The summed E-state index contributed by atoms with van der Waals surface area (Å²) in [6, 6.07) is 0.284. The summed E-state index contributed by atoms with van der Waals surface area (Å²) in [6.45, 7) is 8.89. The largest absolute Gasteiger partial charge is 0.327 e. The Kier molecular flexibility index (Phi) is 2.87. The van der Waals surface area contributed by atoms with E-state index in [-0.39, 0.29) is 11.5 Å². The highest BCUT2D eigenvalue weighted by molar-refractivity contribution is 7.09. The molecule has 1 aromatic heterocycles. The van der Waals surface area contributed by atoms with Gasteiger partial charge in [0.1, 0.15) is 0 Å². The molecule has 16 heavy (non-hydrogen) atoms. The minimum absolute atomic E-state index is 0.155. The van der Waals surface area contributed by atoms with Gasteiger partial charge in [-0.3, -0.25) is 0 Å². The van der Waals surface area contributed by atoms with Gasteiger partial charge in [-0.25, -0.2) is 4.98 Å². The van der Waals surface area contributed by atoms with E-state index in [4.69, 9.17) is 10.7 Å². The SMILES string of the molecule is CC(C)(C)c1csc(CC(N)C2(C)CC2)n1. The number of thiazole rings is 1. The number of nitrogens with two attached hydrogens (primary N) is 1. The first kappa shape index (κ1) is 12.1. The Balaban J connectivity index is 2.03. The lowest BCUT2D eigenvalue weighted by Crippen LogP contribution is -2.31. The average molecular weight is 238 g/mol. The molecule has 2 N–H and O–H groups in total. The van der Waals surface area contributed by atoms with E-state index in [1.165, 1.54) is 23.5 Å². The van der Waals surface area contributed by atoms with E-state index in [0.717, 1.165) is 6.42 Å². The Hall–Kier alpha value is -0.410. The number of nitrogens with zero attached hydrogens (tertiary/aromatic N) is 1. The van der Waals surface area contributed by atoms with Crippen molar-refractivity contribution in [1.29, 1.82) is 0 Å². The molecule has 1 aliphatic carbocycles. The van der Waals surface area contributed by atoms with E-state index in [1.807, 2.05) is 0 Å². The van der Waals surface area contributed by atoms with Crippen molar-refractivity contribution in [3.63, 3.8) is 0 Å². The molecule has 2 nitrogen and oxygen atoms in total.